The monoisotopic (exact) mass is 287 g/mol. The standard InChI is InChI=1S/C6H4ClF2N3O4S/c7-17(15,16)6-3(12(13)14)1-2(10)4(11-6)5(8)9/h1,5H,10H2. The van der Waals surface area contributed by atoms with Gasteiger partial charge >= 0.3 is 5.69 Å². The maximum atomic E-state index is 12.4. The molecule has 0 aliphatic rings. The minimum absolute atomic E-state index is 0.476. The molecule has 11 heteroatoms. The lowest BCUT2D eigenvalue weighted by molar-refractivity contribution is -0.388. The summed E-state index contributed by atoms with van der Waals surface area (Å²) in [5.41, 5.74) is 2.27. The largest absolute Gasteiger partial charge is 0.397 e. The van der Waals surface area contributed by atoms with Gasteiger partial charge in [0.2, 0.25) is 5.03 Å². The summed E-state index contributed by atoms with van der Waals surface area (Å²) in [5.74, 6) is 0. The molecule has 0 aliphatic carbocycles. The van der Waals surface area contributed by atoms with Gasteiger partial charge in [0.1, 0.15) is 5.69 Å². The van der Waals surface area contributed by atoms with Crippen LogP contribution < -0.4 is 5.73 Å². The average molecular weight is 288 g/mol. The summed E-state index contributed by atoms with van der Waals surface area (Å²) in [7, 11) is 0.236. The van der Waals surface area contributed by atoms with Crippen LogP contribution in [-0.4, -0.2) is 18.3 Å². The van der Waals surface area contributed by atoms with Crippen molar-refractivity contribution in [1.29, 1.82) is 0 Å². The first kappa shape index (κ1) is 13.5. The molecule has 7 nitrogen and oxygen atoms in total. The summed E-state index contributed by atoms with van der Waals surface area (Å²) in [5, 5.41) is 9.25. The second kappa shape index (κ2) is 4.37. The average Bonchev–Trinajstić information content (AvgIpc) is 2.14. The van der Waals surface area contributed by atoms with Crippen molar-refractivity contribution in [2.75, 3.05) is 5.73 Å². The van der Waals surface area contributed by atoms with Crippen LogP contribution >= 0.6 is 10.7 Å². The zero-order valence-corrected chi connectivity index (χ0v) is 9.37. The van der Waals surface area contributed by atoms with Crippen LogP contribution in [0.1, 0.15) is 12.1 Å². The van der Waals surface area contributed by atoms with Gasteiger partial charge in [0, 0.05) is 16.7 Å². The second-order valence-corrected chi connectivity index (χ2v) is 5.26. The zero-order chi connectivity index (χ0) is 13.4. The molecular formula is C6H4ClF2N3O4S. The van der Waals surface area contributed by atoms with E-state index in [1.807, 2.05) is 0 Å². The van der Waals surface area contributed by atoms with Gasteiger partial charge in [0.25, 0.3) is 15.5 Å². The van der Waals surface area contributed by atoms with E-state index in [9.17, 15) is 27.3 Å². The highest BCUT2D eigenvalue weighted by Crippen LogP contribution is 2.32. The van der Waals surface area contributed by atoms with Crippen LogP contribution in [0.4, 0.5) is 20.2 Å². The molecule has 94 valence electrons. The minimum atomic E-state index is -4.62. The minimum Gasteiger partial charge on any atom is -0.397 e. The van der Waals surface area contributed by atoms with E-state index in [4.69, 9.17) is 16.4 Å². The highest BCUT2D eigenvalue weighted by Gasteiger charge is 2.30. The molecule has 2 N–H and O–H groups in total. The lowest BCUT2D eigenvalue weighted by Crippen LogP contribution is -2.08. The number of nitrogens with zero attached hydrogens (tertiary/aromatic N) is 2. The first-order valence-electron chi connectivity index (χ1n) is 3.82. The molecule has 0 bridgehead atoms. The molecule has 0 aliphatic heterocycles. The van der Waals surface area contributed by atoms with Crippen molar-refractivity contribution in [2.24, 2.45) is 0 Å². The van der Waals surface area contributed by atoms with Crippen molar-refractivity contribution in [3.05, 3.63) is 21.9 Å². The van der Waals surface area contributed by atoms with Crippen molar-refractivity contribution in [1.82, 2.24) is 4.98 Å². The SMILES string of the molecule is Nc1cc([N+](=O)[O-])c(S(=O)(=O)Cl)nc1C(F)F. The number of nitro groups is 1. The van der Waals surface area contributed by atoms with Crippen LogP contribution in [0.3, 0.4) is 0 Å². The predicted octanol–water partition coefficient (Wildman–Crippen LogP) is 1.44. The third-order valence-corrected chi connectivity index (χ3v) is 2.86. The molecule has 0 fully saturated rings. The fourth-order valence-electron chi connectivity index (χ4n) is 0.999. The number of alkyl halides is 2. The molecule has 0 amide bonds. The van der Waals surface area contributed by atoms with Crippen LogP contribution in [0, 0.1) is 10.1 Å². The molecule has 0 radical (unpaired) electrons. The summed E-state index contributed by atoms with van der Waals surface area (Å²) < 4.78 is 46.7. The third-order valence-electron chi connectivity index (χ3n) is 1.66. The van der Waals surface area contributed by atoms with Crippen molar-refractivity contribution in [2.45, 2.75) is 11.5 Å². The number of nitrogen functional groups attached to an aromatic ring is 1. The number of hydrogen-bond donors (Lipinski definition) is 1. The number of anilines is 1. The number of pyridine rings is 1. The van der Waals surface area contributed by atoms with Crippen LogP contribution in [-0.2, 0) is 9.05 Å². The van der Waals surface area contributed by atoms with E-state index in [0.29, 0.717) is 6.07 Å². The molecule has 17 heavy (non-hydrogen) atoms. The summed E-state index contributed by atoms with van der Waals surface area (Å²) >= 11 is 0. The van der Waals surface area contributed by atoms with Crippen molar-refractivity contribution >= 4 is 31.1 Å². The quantitative estimate of drug-likeness (QED) is 0.511. The maximum absolute atomic E-state index is 12.4. The van der Waals surface area contributed by atoms with Gasteiger partial charge in [0.05, 0.1) is 10.6 Å². The molecule has 1 aromatic heterocycles. The summed E-state index contributed by atoms with van der Waals surface area (Å²) in [4.78, 5) is 12.3. The van der Waals surface area contributed by atoms with E-state index in [1.54, 1.807) is 0 Å². The second-order valence-electron chi connectivity index (χ2n) is 2.78. The molecule has 0 saturated heterocycles. The third kappa shape index (κ3) is 2.77. The molecule has 0 aromatic carbocycles. The fraction of sp³-hybridized carbons (Fsp3) is 0.167. The number of hydrogen-bond acceptors (Lipinski definition) is 6. The van der Waals surface area contributed by atoms with Crippen LogP contribution in [0.15, 0.2) is 11.1 Å². The van der Waals surface area contributed by atoms with Gasteiger partial charge < -0.3 is 5.73 Å². The van der Waals surface area contributed by atoms with Gasteiger partial charge in [-0.25, -0.2) is 22.2 Å². The first-order chi connectivity index (χ1) is 7.64. The van der Waals surface area contributed by atoms with Crippen LogP contribution in [0.25, 0.3) is 0 Å². The van der Waals surface area contributed by atoms with Gasteiger partial charge in [-0.3, -0.25) is 10.1 Å². The summed E-state index contributed by atoms with van der Waals surface area (Å²) in [6.07, 6.45) is -3.17. The van der Waals surface area contributed by atoms with Gasteiger partial charge in [-0.2, -0.15) is 0 Å². The highest BCUT2D eigenvalue weighted by molar-refractivity contribution is 8.13. The van der Waals surface area contributed by atoms with Gasteiger partial charge in [-0.05, 0) is 0 Å². The van der Waals surface area contributed by atoms with E-state index < -0.39 is 42.5 Å². The van der Waals surface area contributed by atoms with E-state index in [-0.39, 0.29) is 0 Å². The number of rotatable bonds is 3. The molecule has 0 atom stereocenters. The van der Waals surface area contributed by atoms with Crippen molar-refractivity contribution < 1.29 is 22.1 Å². The number of halogens is 3. The molecule has 1 rings (SSSR count). The molecule has 0 spiro atoms. The Bertz CT molecular complexity index is 577. The maximum Gasteiger partial charge on any atom is 0.309 e. The fourth-order valence-corrected chi connectivity index (χ4v) is 1.93. The Morgan fingerprint density at radius 3 is 2.41 bits per heavy atom. The van der Waals surface area contributed by atoms with E-state index in [0.717, 1.165) is 0 Å². The Hall–Kier alpha value is -1.55. The Morgan fingerprint density at radius 2 is 2.06 bits per heavy atom. The Kier molecular flexibility index (Phi) is 3.48. The zero-order valence-electron chi connectivity index (χ0n) is 7.80. The molecule has 0 unspecified atom stereocenters. The Labute approximate surface area is 97.8 Å². The van der Waals surface area contributed by atoms with E-state index in [2.05, 4.69) is 4.98 Å². The van der Waals surface area contributed by atoms with Crippen LogP contribution in [0.2, 0.25) is 0 Å². The van der Waals surface area contributed by atoms with Gasteiger partial charge in [0.15, 0.2) is 0 Å². The van der Waals surface area contributed by atoms with Crippen molar-refractivity contribution in [3.8, 4) is 0 Å². The molecular weight excluding hydrogens is 284 g/mol. The molecule has 1 aromatic rings. The Balaban J connectivity index is 3.66. The Morgan fingerprint density at radius 1 is 1.53 bits per heavy atom. The van der Waals surface area contributed by atoms with E-state index >= 15 is 0 Å². The van der Waals surface area contributed by atoms with Crippen LogP contribution in [0.5, 0.6) is 0 Å². The molecule has 0 saturated carbocycles. The van der Waals surface area contributed by atoms with Gasteiger partial charge in [-0.1, -0.05) is 0 Å². The predicted molar refractivity (Wildman–Crippen MR) is 53.3 cm³/mol. The number of aromatic nitrogens is 1. The van der Waals surface area contributed by atoms with Crippen molar-refractivity contribution in [3.63, 3.8) is 0 Å². The van der Waals surface area contributed by atoms with Gasteiger partial charge in [-0.15, -0.1) is 0 Å². The lowest BCUT2D eigenvalue weighted by atomic mass is 10.3. The highest BCUT2D eigenvalue weighted by atomic mass is 35.7. The normalized spacial score (nSPS) is 11.8. The first-order valence-corrected chi connectivity index (χ1v) is 6.13. The summed E-state index contributed by atoms with van der Waals surface area (Å²) in [6.45, 7) is 0. The summed E-state index contributed by atoms with van der Waals surface area (Å²) in [6, 6.07) is 0.476. The smallest absolute Gasteiger partial charge is 0.309 e. The molecule has 1 heterocycles. The topological polar surface area (TPSA) is 116 Å². The van der Waals surface area contributed by atoms with E-state index in [1.165, 1.54) is 0 Å². The number of nitrogens with two attached hydrogens (primary N) is 1. The lowest BCUT2D eigenvalue weighted by Gasteiger charge is -2.05.